The Bertz CT molecular complexity index is 1100. The topological polar surface area (TPSA) is 83.0 Å². The van der Waals surface area contributed by atoms with Gasteiger partial charge >= 0.3 is 0 Å². The summed E-state index contributed by atoms with van der Waals surface area (Å²) in [6.45, 7) is 3.03. The number of carbonyl (C=O) groups is 1. The number of rotatable bonds is 4. The first kappa shape index (κ1) is 20.7. The number of nitrogens with one attached hydrogen (secondary N) is 1. The van der Waals surface area contributed by atoms with Crippen LogP contribution < -0.4 is 5.32 Å². The van der Waals surface area contributed by atoms with Gasteiger partial charge in [-0.1, -0.05) is 17.7 Å². The third-order valence-electron chi connectivity index (χ3n) is 6.00. The fourth-order valence-electron chi connectivity index (χ4n) is 4.35. The van der Waals surface area contributed by atoms with E-state index in [9.17, 15) is 9.18 Å². The van der Waals surface area contributed by atoms with E-state index >= 15 is 0 Å². The van der Waals surface area contributed by atoms with Crippen LogP contribution in [0.3, 0.4) is 0 Å². The van der Waals surface area contributed by atoms with Crippen LogP contribution in [0.5, 0.6) is 0 Å². The molecule has 1 amide bonds. The average molecular weight is 457 g/mol. The van der Waals surface area contributed by atoms with Gasteiger partial charge in [0, 0.05) is 43.5 Å². The molecular formula is C22H22ClFN6O2. The van der Waals surface area contributed by atoms with E-state index in [-0.39, 0.29) is 18.0 Å². The second-order valence-electron chi connectivity index (χ2n) is 8.01. The predicted octanol–water partition coefficient (Wildman–Crippen LogP) is 3.65. The van der Waals surface area contributed by atoms with Crippen LogP contribution >= 0.6 is 11.6 Å². The Kier molecular flexibility index (Phi) is 5.42. The molecule has 0 saturated carbocycles. The summed E-state index contributed by atoms with van der Waals surface area (Å²) in [6, 6.07) is 6.06. The van der Waals surface area contributed by atoms with Crippen molar-refractivity contribution in [3.05, 3.63) is 65.0 Å². The number of amidine groups is 1. The molecule has 3 aliphatic heterocycles. The quantitative estimate of drug-likeness (QED) is 0.756. The number of benzene rings is 1. The SMILES string of the molecule is CC(=O)N1CCC(Nc2nccc(C3C(c4ccc(F)cc4Cl)N=C4OC=CN43)n2)CC1. The lowest BCUT2D eigenvalue weighted by Crippen LogP contribution is -2.41. The number of aromatic nitrogens is 2. The Morgan fingerprint density at radius 2 is 2.09 bits per heavy atom. The molecule has 1 aromatic carbocycles. The Balaban J connectivity index is 1.39. The van der Waals surface area contributed by atoms with Crippen LogP contribution in [-0.4, -0.2) is 50.8 Å². The number of piperidine rings is 1. The molecule has 2 atom stereocenters. The second-order valence-corrected chi connectivity index (χ2v) is 8.41. The number of fused-ring (bicyclic) bond motifs is 1. The van der Waals surface area contributed by atoms with Crippen molar-refractivity contribution in [2.45, 2.75) is 37.9 Å². The highest BCUT2D eigenvalue weighted by atomic mass is 35.5. The van der Waals surface area contributed by atoms with Gasteiger partial charge in [-0.15, -0.1) is 0 Å². The Morgan fingerprint density at radius 3 is 2.84 bits per heavy atom. The molecule has 0 radical (unpaired) electrons. The smallest absolute Gasteiger partial charge is 0.298 e. The molecule has 8 nitrogen and oxygen atoms in total. The van der Waals surface area contributed by atoms with Gasteiger partial charge in [-0.25, -0.2) is 19.4 Å². The molecule has 0 spiro atoms. The third kappa shape index (κ3) is 3.88. The van der Waals surface area contributed by atoms with Gasteiger partial charge in [-0.3, -0.25) is 9.69 Å². The number of hydrogen-bond acceptors (Lipinski definition) is 7. The van der Waals surface area contributed by atoms with Crippen LogP contribution in [0.25, 0.3) is 0 Å². The van der Waals surface area contributed by atoms with Crippen molar-refractivity contribution >= 4 is 29.5 Å². The molecule has 10 heteroatoms. The largest absolute Gasteiger partial charge is 0.432 e. The minimum Gasteiger partial charge on any atom is -0.432 e. The van der Waals surface area contributed by atoms with E-state index in [0.29, 0.717) is 35.6 Å². The van der Waals surface area contributed by atoms with Gasteiger partial charge in [-0.05, 0) is 36.6 Å². The Labute approximate surface area is 189 Å². The molecule has 4 heterocycles. The van der Waals surface area contributed by atoms with E-state index in [1.165, 1.54) is 12.1 Å². The van der Waals surface area contributed by atoms with Gasteiger partial charge in [-0.2, -0.15) is 0 Å². The lowest BCUT2D eigenvalue weighted by molar-refractivity contribution is -0.129. The van der Waals surface area contributed by atoms with Gasteiger partial charge in [0.1, 0.15) is 24.2 Å². The average Bonchev–Trinajstić information content (AvgIpc) is 3.35. The summed E-state index contributed by atoms with van der Waals surface area (Å²) in [4.78, 5) is 29.1. The summed E-state index contributed by atoms with van der Waals surface area (Å²) < 4.78 is 19.1. The van der Waals surface area contributed by atoms with Crippen molar-refractivity contribution in [3.8, 4) is 0 Å². The first-order valence-corrected chi connectivity index (χ1v) is 10.9. The zero-order valence-electron chi connectivity index (χ0n) is 17.4. The van der Waals surface area contributed by atoms with Crippen LogP contribution in [0.4, 0.5) is 10.3 Å². The van der Waals surface area contributed by atoms with Gasteiger partial charge < -0.3 is 15.0 Å². The number of anilines is 1. The lowest BCUT2D eigenvalue weighted by Gasteiger charge is -2.31. The number of aliphatic imine (C=N–C) groups is 1. The fraction of sp³-hybridized carbons (Fsp3) is 0.364. The van der Waals surface area contributed by atoms with Crippen LogP contribution in [-0.2, 0) is 9.53 Å². The van der Waals surface area contributed by atoms with Crippen molar-refractivity contribution < 1.29 is 13.9 Å². The molecule has 1 N–H and O–H groups in total. The lowest BCUT2D eigenvalue weighted by atomic mass is 9.97. The van der Waals surface area contributed by atoms with E-state index in [0.717, 1.165) is 18.5 Å². The van der Waals surface area contributed by atoms with Crippen molar-refractivity contribution in [3.63, 3.8) is 0 Å². The second kappa shape index (κ2) is 8.38. The molecular weight excluding hydrogens is 435 g/mol. The van der Waals surface area contributed by atoms with Gasteiger partial charge in [0.2, 0.25) is 11.9 Å². The highest BCUT2D eigenvalue weighted by molar-refractivity contribution is 6.31. The van der Waals surface area contributed by atoms with Gasteiger partial charge in [0.15, 0.2) is 0 Å². The molecule has 1 fully saturated rings. The predicted molar refractivity (Wildman–Crippen MR) is 117 cm³/mol. The Hall–Kier alpha value is -3.20. The zero-order valence-corrected chi connectivity index (χ0v) is 18.2. The minimum absolute atomic E-state index is 0.102. The molecule has 1 saturated heterocycles. The normalized spacial score (nSPS) is 22.5. The highest BCUT2D eigenvalue weighted by Crippen LogP contribution is 2.45. The summed E-state index contributed by atoms with van der Waals surface area (Å²) in [5.74, 6) is 0.220. The summed E-state index contributed by atoms with van der Waals surface area (Å²) >= 11 is 6.35. The van der Waals surface area contributed by atoms with Crippen molar-refractivity contribution in [1.29, 1.82) is 0 Å². The molecule has 1 aromatic heterocycles. The van der Waals surface area contributed by atoms with Gasteiger partial charge in [0.05, 0.1) is 5.69 Å². The van der Waals surface area contributed by atoms with Crippen LogP contribution in [0.2, 0.25) is 5.02 Å². The number of halogens is 2. The Morgan fingerprint density at radius 1 is 1.28 bits per heavy atom. The summed E-state index contributed by atoms with van der Waals surface area (Å²) in [6.07, 6.45) is 6.74. The van der Waals surface area contributed by atoms with E-state index in [2.05, 4.69) is 15.3 Å². The molecule has 2 unspecified atom stereocenters. The maximum absolute atomic E-state index is 13.6. The van der Waals surface area contributed by atoms with Crippen molar-refractivity contribution in [2.75, 3.05) is 18.4 Å². The summed E-state index contributed by atoms with van der Waals surface area (Å²) in [5, 5.41) is 3.70. The van der Waals surface area contributed by atoms with Crippen LogP contribution in [0.15, 0.2) is 47.9 Å². The first-order valence-electron chi connectivity index (χ1n) is 10.5. The number of amides is 1. The van der Waals surface area contributed by atoms with Crippen LogP contribution in [0.1, 0.15) is 43.1 Å². The van der Waals surface area contributed by atoms with E-state index in [4.69, 9.17) is 21.3 Å². The van der Waals surface area contributed by atoms with Crippen LogP contribution in [0, 0.1) is 5.82 Å². The number of nitrogens with zero attached hydrogens (tertiary/aromatic N) is 5. The van der Waals surface area contributed by atoms with E-state index in [1.54, 1.807) is 31.6 Å². The molecule has 166 valence electrons. The monoisotopic (exact) mass is 456 g/mol. The maximum Gasteiger partial charge on any atom is 0.298 e. The number of ether oxygens (including phenoxy) is 1. The number of hydrogen-bond donors (Lipinski definition) is 1. The van der Waals surface area contributed by atoms with E-state index < -0.39 is 11.9 Å². The first-order chi connectivity index (χ1) is 15.5. The fourth-order valence-corrected chi connectivity index (χ4v) is 4.62. The van der Waals surface area contributed by atoms with Crippen molar-refractivity contribution in [2.24, 2.45) is 4.99 Å². The van der Waals surface area contributed by atoms with Gasteiger partial charge in [0.25, 0.3) is 6.02 Å². The molecule has 5 rings (SSSR count). The van der Waals surface area contributed by atoms with E-state index in [1.807, 2.05) is 15.9 Å². The molecule has 3 aliphatic rings. The molecule has 0 aliphatic carbocycles. The van der Waals surface area contributed by atoms with Crippen molar-refractivity contribution in [1.82, 2.24) is 19.8 Å². The summed E-state index contributed by atoms with van der Waals surface area (Å²) in [7, 11) is 0. The maximum atomic E-state index is 13.6. The third-order valence-corrected chi connectivity index (χ3v) is 6.33. The minimum atomic E-state index is -0.412. The molecule has 32 heavy (non-hydrogen) atoms. The zero-order chi connectivity index (χ0) is 22.2. The molecule has 0 bridgehead atoms. The number of carbonyl (C=O) groups excluding carboxylic acids is 1. The number of likely N-dealkylation sites (tertiary alicyclic amines) is 1. The highest BCUT2D eigenvalue weighted by Gasteiger charge is 2.42. The standard InChI is InChI=1S/C22H22ClFN6O2/c1-13(31)29-8-5-15(6-9-29)26-21-25-7-4-18(27-21)20-19(28-22-30(20)10-11-32-22)16-3-2-14(24)12-17(16)23/h2-4,7,10-12,15,19-20H,5-6,8-9H2,1H3,(H,25,26,27). The molecule has 2 aromatic rings. The summed E-state index contributed by atoms with van der Waals surface area (Å²) in [5.41, 5.74) is 1.43.